The molecule has 1 N–H and O–H groups in total. The standard InChI is InChI=1S/C23H20BrIN2O4S2/c1-3-6-15-18(22(30)31-4-2)19(16-7-5-8-32-16)27-21(29)17(33-23(27)26-15)11-12-9-13(24)20(28)14(25)10-12/h5,7-11,19,28H,3-4,6H2,1-2H3/b17-11-/t19-/m0/s1. The van der Waals surface area contributed by atoms with Crippen LogP contribution in [-0.2, 0) is 9.53 Å². The number of thiophene rings is 1. The first kappa shape index (κ1) is 24.4. The Balaban J connectivity index is 1.97. The molecule has 1 atom stereocenters. The van der Waals surface area contributed by atoms with Crippen LogP contribution in [0.4, 0.5) is 0 Å². The van der Waals surface area contributed by atoms with Gasteiger partial charge in [-0.2, -0.15) is 0 Å². The fourth-order valence-electron chi connectivity index (χ4n) is 3.66. The van der Waals surface area contributed by atoms with Crippen molar-refractivity contribution in [1.82, 2.24) is 4.57 Å². The topological polar surface area (TPSA) is 80.9 Å². The Bertz CT molecular complexity index is 1400. The van der Waals surface area contributed by atoms with Crippen molar-refractivity contribution < 1.29 is 14.6 Å². The highest BCUT2D eigenvalue weighted by Gasteiger charge is 2.34. The fraction of sp³-hybridized carbons (Fsp3) is 0.261. The Labute approximate surface area is 220 Å². The van der Waals surface area contributed by atoms with E-state index in [-0.39, 0.29) is 17.9 Å². The molecule has 0 spiro atoms. The number of ether oxygens (including phenoxy) is 1. The molecular weight excluding hydrogens is 639 g/mol. The summed E-state index contributed by atoms with van der Waals surface area (Å²) in [6.07, 6.45) is 3.22. The molecule has 4 rings (SSSR count). The molecule has 0 amide bonds. The molecule has 6 nitrogen and oxygen atoms in total. The summed E-state index contributed by atoms with van der Waals surface area (Å²) in [4.78, 5) is 32.8. The Morgan fingerprint density at radius 3 is 2.82 bits per heavy atom. The van der Waals surface area contributed by atoms with Crippen molar-refractivity contribution in [2.24, 2.45) is 4.99 Å². The van der Waals surface area contributed by atoms with E-state index in [2.05, 4.69) is 15.9 Å². The van der Waals surface area contributed by atoms with Crippen LogP contribution in [0.3, 0.4) is 0 Å². The number of carbonyl (C=O) groups excluding carboxylic acids is 1. The number of esters is 1. The molecule has 0 saturated heterocycles. The SMILES string of the molecule is CCCC1=C(C(=O)OCC)[C@H](c2cccs2)n2c(s/c(=C\c3cc(Br)c(O)c(I)c3)c2=O)=N1. The molecule has 0 fully saturated rings. The number of allylic oxidation sites excluding steroid dienone is 1. The normalized spacial score (nSPS) is 16.0. The third-order valence-electron chi connectivity index (χ3n) is 5.04. The highest BCUT2D eigenvalue weighted by molar-refractivity contribution is 14.1. The summed E-state index contributed by atoms with van der Waals surface area (Å²) < 4.78 is 8.72. The number of aromatic hydroxyl groups is 1. The van der Waals surface area contributed by atoms with Gasteiger partial charge >= 0.3 is 5.97 Å². The molecule has 1 aliphatic rings. The van der Waals surface area contributed by atoms with Crippen LogP contribution < -0.4 is 14.9 Å². The predicted molar refractivity (Wildman–Crippen MR) is 142 cm³/mol. The molecule has 0 radical (unpaired) electrons. The molecule has 2 aromatic heterocycles. The Hall–Kier alpha value is -1.76. The first-order valence-electron chi connectivity index (χ1n) is 10.3. The first-order chi connectivity index (χ1) is 15.8. The van der Waals surface area contributed by atoms with Gasteiger partial charge in [-0.25, -0.2) is 9.79 Å². The summed E-state index contributed by atoms with van der Waals surface area (Å²) in [5, 5.41) is 12.0. The van der Waals surface area contributed by atoms with E-state index in [1.807, 2.05) is 53.1 Å². The maximum Gasteiger partial charge on any atom is 0.338 e. The van der Waals surface area contributed by atoms with E-state index in [1.54, 1.807) is 23.6 Å². The lowest BCUT2D eigenvalue weighted by molar-refractivity contribution is -0.139. The second-order valence-corrected chi connectivity index (χ2v) is 11.3. The van der Waals surface area contributed by atoms with Gasteiger partial charge in [0, 0.05) is 4.88 Å². The number of thiazole rings is 1. The fourth-order valence-corrected chi connectivity index (χ4v) is 7.00. The lowest BCUT2D eigenvalue weighted by atomic mass is 9.99. The van der Waals surface area contributed by atoms with Gasteiger partial charge in [-0.05, 0) is 87.1 Å². The molecular formula is C23H20BrIN2O4S2. The van der Waals surface area contributed by atoms with Gasteiger partial charge in [0.1, 0.15) is 11.8 Å². The third-order valence-corrected chi connectivity index (χ3v) is 8.38. The van der Waals surface area contributed by atoms with Crippen molar-refractivity contribution in [3.05, 3.63) is 79.1 Å². The number of carbonyl (C=O) groups is 1. The van der Waals surface area contributed by atoms with Crippen molar-refractivity contribution in [2.75, 3.05) is 6.61 Å². The Morgan fingerprint density at radius 1 is 1.39 bits per heavy atom. The predicted octanol–water partition coefficient (Wildman–Crippen LogP) is 4.71. The van der Waals surface area contributed by atoms with E-state index in [0.29, 0.717) is 35.1 Å². The average molecular weight is 659 g/mol. The molecule has 0 unspecified atom stereocenters. The van der Waals surface area contributed by atoms with Gasteiger partial charge in [-0.1, -0.05) is 30.7 Å². The van der Waals surface area contributed by atoms with Crippen LogP contribution in [-0.4, -0.2) is 22.2 Å². The van der Waals surface area contributed by atoms with Crippen molar-refractivity contribution in [2.45, 2.75) is 32.7 Å². The summed E-state index contributed by atoms with van der Waals surface area (Å²) in [5.41, 5.74) is 1.67. The van der Waals surface area contributed by atoms with E-state index in [4.69, 9.17) is 9.73 Å². The summed E-state index contributed by atoms with van der Waals surface area (Å²) in [5.74, 6) is -0.274. The molecule has 33 heavy (non-hydrogen) atoms. The second kappa shape index (κ2) is 10.2. The van der Waals surface area contributed by atoms with Gasteiger partial charge in [-0.3, -0.25) is 9.36 Å². The van der Waals surface area contributed by atoms with Crippen LogP contribution in [0.1, 0.15) is 43.2 Å². The number of hydrogen-bond donors (Lipinski definition) is 1. The molecule has 0 aliphatic carbocycles. The van der Waals surface area contributed by atoms with E-state index in [1.165, 1.54) is 22.7 Å². The van der Waals surface area contributed by atoms with Gasteiger partial charge < -0.3 is 9.84 Å². The summed E-state index contributed by atoms with van der Waals surface area (Å²) in [6.45, 7) is 4.05. The third kappa shape index (κ3) is 4.75. The number of phenols is 1. The Morgan fingerprint density at radius 2 is 2.18 bits per heavy atom. The molecule has 1 aromatic carbocycles. The van der Waals surface area contributed by atoms with Crippen molar-refractivity contribution in [1.29, 1.82) is 0 Å². The minimum Gasteiger partial charge on any atom is -0.506 e. The van der Waals surface area contributed by atoms with Crippen LogP contribution >= 0.6 is 61.2 Å². The zero-order valence-electron chi connectivity index (χ0n) is 17.8. The number of hydrogen-bond acceptors (Lipinski definition) is 7. The number of aromatic nitrogens is 1. The van der Waals surface area contributed by atoms with E-state index < -0.39 is 12.0 Å². The van der Waals surface area contributed by atoms with Crippen LogP contribution in [0.2, 0.25) is 0 Å². The Kier molecular flexibility index (Phi) is 7.56. The monoisotopic (exact) mass is 658 g/mol. The van der Waals surface area contributed by atoms with Crippen LogP contribution in [0.5, 0.6) is 5.75 Å². The van der Waals surface area contributed by atoms with Crippen molar-refractivity contribution >= 4 is 73.2 Å². The smallest absolute Gasteiger partial charge is 0.338 e. The highest BCUT2D eigenvalue weighted by atomic mass is 127. The molecule has 1 aliphatic heterocycles. The van der Waals surface area contributed by atoms with Crippen molar-refractivity contribution in [3.63, 3.8) is 0 Å². The lowest BCUT2D eigenvalue weighted by Crippen LogP contribution is -2.39. The molecule has 10 heteroatoms. The molecule has 3 heterocycles. The number of benzene rings is 1. The van der Waals surface area contributed by atoms with Crippen LogP contribution in [0.25, 0.3) is 6.08 Å². The van der Waals surface area contributed by atoms with Crippen molar-refractivity contribution in [3.8, 4) is 5.75 Å². The number of halogens is 2. The number of fused-ring (bicyclic) bond motifs is 1. The van der Waals surface area contributed by atoms with Gasteiger partial charge in [0.05, 0.1) is 30.5 Å². The van der Waals surface area contributed by atoms with Gasteiger partial charge in [0.15, 0.2) is 4.80 Å². The van der Waals surface area contributed by atoms with E-state index >= 15 is 0 Å². The first-order valence-corrected chi connectivity index (χ1v) is 13.9. The van der Waals surface area contributed by atoms with Crippen LogP contribution in [0.15, 0.2) is 55.2 Å². The maximum atomic E-state index is 13.6. The number of rotatable bonds is 6. The van der Waals surface area contributed by atoms with E-state index in [9.17, 15) is 14.7 Å². The molecule has 0 bridgehead atoms. The summed E-state index contributed by atoms with van der Waals surface area (Å²) >= 11 is 8.20. The molecule has 0 saturated carbocycles. The quantitative estimate of drug-likeness (QED) is 0.307. The van der Waals surface area contributed by atoms with Crippen LogP contribution in [0, 0.1) is 3.57 Å². The number of nitrogens with zero attached hydrogens (tertiary/aromatic N) is 2. The second-order valence-electron chi connectivity index (χ2n) is 7.26. The summed E-state index contributed by atoms with van der Waals surface area (Å²) in [6, 6.07) is 6.84. The largest absolute Gasteiger partial charge is 0.506 e. The van der Waals surface area contributed by atoms with Gasteiger partial charge in [0.2, 0.25) is 0 Å². The van der Waals surface area contributed by atoms with Gasteiger partial charge in [0.25, 0.3) is 5.56 Å². The molecule has 172 valence electrons. The minimum absolute atomic E-state index is 0.162. The van der Waals surface area contributed by atoms with E-state index in [0.717, 1.165) is 16.9 Å². The maximum absolute atomic E-state index is 13.6. The lowest BCUT2D eigenvalue weighted by Gasteiger charge is -2.24. The zero-order valence-corrected chi connectivity index (χ0v) is 23.2. The highest BCUT2D eigenvalue weighted by Crippen LogP contribution is 2.35. The molecule has 3 aromatic rings. The number of phenolic OH excluding ortho intramolecular Hbond substituents is 1. The minimum atomic E-state index is -0.573. The summed E-state index contributed by atoms with van der Waals surface area (Å²) in [7, 11) is 0. The zero-order chi connectivity index (χ0) is 23.7. The van der Waals surface area contributed by atoms with Gasteiger partial charge in [-0.15, -0.1) is 11.3 Å². The average Bonchev–Trinajstić information content (AvgIpc) is 3.40.